The fourth-order valence-electron chi connectivity index (χ4n) is 3.05. The van der Waals surface area contributed by atoms with Crippen LogP contribution < -0.4 is 5.32 Å². The van der Waals surface area contributed by atoms with Crippen LogP contribution in [0.4, 0.5) is 4.39 Å². The molecule has 1 atom stereocenters. The highest BCUT2D eigenvalue weighted by Crippen LogP contribution is 2.21. The van der Waals surface area contributed by atoms with Gasteiger partial charge in [0.15, 0.2) is 0 Å². The summed E-state index contributed by atoms with van der Waals surface area (Å²) >= 11 is 0. The lowest BCUT2D eigenvalue weighted by atomic mass is 10.2. The minimum atomic E-state index is -3.72. The number of piperazine rings is 1. The first-order chi connectivity index (χ1) is 10.1. The lowest BCUT2D eigenvalue weighted by Gasteiger charge is -2.37. The second-order valence-corrected chi connectivity index (χ2v) is 7.42. The van der Waals surface area contributed by atoms with E-state index in [2.05, 4.69) is 10.2 Å². The smallest absolute Gasteiger partial charge is 0.246 e. The average molecular weight is 350 g/mol. The number of nitrogens with zero attached hydrogens (tertiary/aromatic N) is 2. The minimum absolute atomic E-state index is 0. The van der Waals surface area contributed by atoms with Gasteiger partial charge in [0.2, 0.25) is 10.0 Å². The maximum atomic E-state index is 13.7. The van der Waals surface area contributed by atoms with Crippen molar-refractivity contribution < 1.29 is 12.8 Å². The number of sulfonamides is 1. The van der Waals surface area contributed by atoms with E-state index in [1.165, 1.54) is 22.5 Å². The minimum Gasteiger partial charge on any atom is -0.315 e. The molecule has 2 heterocycles. The van der Waals surface area contributed by atoms with Crippen LogP contribution >= 0.6 is 12.4 Å². The van der Waals surface area contributed by atoms with E-state index in [1.807, 2.05) is 0 Å². The van der Waals surface area contributed by atoms with E-state index in [1.54, 1.807) is 6.07 Å². The van der Waals surface area contributed by atoms with Crippen molar-refractivity contribution in [2.45, 2.75) is 17.4 Å². The molecule has 8 heteroatoms. The quantitative estimate of drug-likeness (QED) is 0.881. The molecular weight excluding hydrogens is 329 g/mol. The van der Waals surface area contributed by atoms with Crippen molar-refractivity contribution in [3.8, 4) is 0 Å². The summed E-state index contributed by atoms with van der Waals surface area (Å²) < 4.78 is 40.1. The van der Waals surface area contributed by atoms with Gasteiger partial charge in [0.1, 0.15) is 10.7 Å². The van der Waals surface area contributed by atoms with Crippen LogP contribution in [-0.4, -0.2) is 62.9 Å². The van der Waals surface area contributed by atoms with Gasteiger partial charge < -0.3 is 5.32 Å². The van der Waals surface area contributed by atoms with Crippen LogP contribution in [0.25, 0.3) is 0 Å². The highest BCUT2D eigenvalue weighted by molar-refractivity contribution is 7.89. The Morgan fingerprint density at radius 1 is 1.14 bits per heavy atom. The molecular formula is C14H21ClFN3O2S. The van der Waals surface area contributed by atoms with Gasteiger partial charge in [-0.3, -0.25) is 4.90 Å². The van der Waals surface area contributed by atoms with Crippen molar-refractivity contribution in [1.29, 1.82) is 0 Å². The predicted octanol–water partition coefficient (Wildman–Crippen LogP) is 0.916. The van der Waals surface area contributed by atoms with Crippen LogP contribution in [0.15, 0.2) is 29.2 Å². The molecule has 2 aliphatic rings. The van der Waals surface area contributed by atoms with Crippen LogP contribution in [0.5, 0.6) is 0 Å². The Kier molecular flexibility index (Phi) is 5.79. The molecule has 1 aromatic rings. The summed E-state index contributed by atoms with van der Waals surface area (Å²) in [6.07, 6.45) is 1.11. The van der Waals surface area contributed by atoms with Gasteiger partial charge in [-0.2, -0.15) is 4.31 Å². The zero-order valence-electron chi connectivity index (χ0n) is 12.2. The monoisotopic (exact) mass is 349 g/mol. The normalized spacial score (nSPS) is 24.1. The van der Waals surface area contributed by atoms with Crippen LogP contribution in [-0.2, 0) is 10.0 Å². The Morgan fingerprint density at radius 3 is 2.41 bits per heavy atom. The molecule has 0 bridgehead atoms. The fraction of sp³-hybridized carbons (Fsp3) is 0.571. The molecule has 0 aromatic heterocycles. The number of hydrogen-bond donors (Lipinski definition) is 1. The van der Waals surface area contributed by atoms with Crippen LogP contribution in [0.3, 0.4) is 0 Å². The van der Waals surface area contributed by atoms with Crippen molar-refractivity contribution in [2.75, 3.05) is 39.3 Å². The lowest BCUT2D eigenvalue weighted by molar-refractivity contribution is 0.145. The van der Waals surface area contributed by atoms with Gasteiger partial charge in [-0.15, -0.1) is 12.4 Å². The first-order valence-corrected chi connectivity index (χ1v) is 8.72. The Bertz CT molecular complexity index is 600. The zero-order valence-corrected chi connectivity index (χ0v) is 13.9. The van der Waals surface area contributed by atoms with Gasteiger partial charge in [-0.25, -0.2) is 12.8 Å². The topological polar surface area (TPSA) is 52.7 Å². The maximum absolute atomic E-state index is 13.7. The van der Waals surface area contributed by atoms with E-state index < -0.39 is 15.8 Å². The van der Waals surface area contributed by atoms with Crippen molar-refractivity contribution in [1.82, 2.24) is 14.5 Å². The standard InChI is InChI=1S/C14H20FN3O2S.ClH/c15-13-3-1-2-4-14(13)21(19,20)18-9-7-17(8-10-18)12-5-6-16-11-12;/h1-4,12,16H,5-11H2;1H. The molecule has 1 aromatic carbocycles. The predicted molar refractivity (Wildman–Crippen MR) is 85.3 cm³/mol. The summed E-state index contributed by atoms with van der Waals surface area (Å²) in [5, 5.41) is 3.32. The van der Waals surface area contributed by atoms with Crippen molar-refractivity contribution >= 4 is 22.4 Å². The number of hydrogen-bond acceptors (Lipinski definition) is 4. The number of halogens is 2. The van der Waals surface area contributed by atoms with E-state index in [9.17, 15) is 12.8 Å². The molecule has 22 heavy (non-hydrogen) atoms. The molecule has 0 saturated carbocycles. The molecule has 0 radical (unpaired) electrons. The van der Waals surface area contributed by atoms with E-state index in [0.29, 0.717) is 32.2 Å². The Hall–Kier alpha value is -0.730. The summed E-state index contributed by atoms with van der Waals surface area (Å²) in [6, 6.07) is 6.07. The zero-order chi connectivity index (χ0) is 14.9. The van der Waals surface area contributed by atoms with Crippen molar-refractivity contribution in [2.24, 2.45) is 0 Å². The van der Waals surface area contributed by atoms with E-state index in [0.717, 1.165) is 19.5 Å². The van der Waals surface area contributed by atoms with Crippen molar-refractivity contribution in [3.05, 3.63) is 30.1 Å². The van der Waals surface area contributed by atoms with Gasteiger partial charge >= 0.3 is 0 Å². The van der Waals surface area contributed by atoms with Crippen LogP contribution in [0.1, 0.15) is 6.42 Å². The number of nitrogens with one attached hydrogen (secondary N) is 1. The summed E-state index contributed by atoms with van der Waals surface area (Å²) in [5.74, 6) is -0.681. The van der Waals surface area contributed by atoms with Gasteiger partial charge in [0.25, 0.3) is 0 Å². The van der Waals surface area contributed by atoms with Crippen LogP contribution in [0.2, 0.25) is 0 Å². The Morgan fingerprint density at radius 2 is 1.82 bits per heavy atom. The molecule has 2 saturated heterocycles. The summed E-state index contributed by atoms with van der Waals surface area (Å²) in [4.78, 5) is 2.11. The van der Waals surface area contributed by atoms with E-state index in [-0.39, 0.29) is 17.3 Å². The fourth-order valence-corrected chi connectivity index (χ4v) is 4.54. The summed E-state index contributed by atoms with van der Waals surface area (Å²) in [7, 11) is -3.72. The third-order valence-corrected chi connectivity index (χ3v) is 6.21. The van der Waals surface area contributed by atoms with Crippen LogP contribution in [0, 0.1) is 5.82 Å². The van der Waals surface area contributed by atoms with Gasteiger partial charge in [0.05, 0.1) is 0 Å². The molecule has 0 amide bonds. The Labute approximate surface area is 136 Å². The van der Waals surface area contributed by atoms with Crippen molar-refractivity contribution in [3.63, 3.8) is 0 Å². The molecule has 2 fully saturated rings. The average Bonchev–Trinajstić information content (AvgIpc) is 3.02. The first-order valence-electron chi connectivity index (χ1n) is 7.28. The second-order valence-electron chi connectivity index (χ2n) is 5.52. The van der Waals surface area contributed by atoms with Gasteiger partial charge in [0, 0.05) is 38.8 Å². The maximum Gasteiger partial charge on any atom is 0.246 e. The summed E-state index contributed by atoms with van der Waals surface area (Å²) in [5.41, 5.74) is 0. The first kappa shape index (κ1) is 17.6. The lowest BCUT2D eigenvalue weighted by Crippen LogP contribution is -2.52. The molecule has 0 spiro atoms. The molecule has 2 aliphatic heterocycles. The molecule has 1 N–H and O–H groups in total. The van der Waals surface area contributed by atoms with Gasteiger partial charge in [-0.05, 0) is 25.1 Å². The third kappa shape index (κ3) is 3.44. The SMILES string of the molecule is Cl.O=S(=O)(c1ccccc1F)N1CCN(C2CCNC2)CC1. The molecule has 124 valence electrons. The largest absolute Gasteiger partial charge is 0.315 e. The van der Waals surface area contributed by atoms with Gasteiger partial charge in [-0.1, -0.05) is 12.1 Å². The van der Waals surface area contributed by atoms with E-state index >= 15 is 0 Å². The molecule has 5 nitrogen and oxygen atoms in total. The number of rotatable bonds is 3. The molecule has 1 unspecified atom stereocenters. The summed E-state index contributed by atoms with van der Waals surface area (Å²) in [6.45, 7) is 4.26. The highest BCUT2D eigenvalue weighted by Gasteiger charge is 2.33. The third-order valence-electron chi connectivity index (χ3n) is 4.28. The van der Waals surface area contributed by atoms with E-state index in [4.69, 9.17) is 0 Å². The second kappa shape index (κ2) is 7.23. The molecule has 0 aliphatic carbocycles. The molecule has 3 rings (SSSR count). The number of benzene rings is 1. The highest BCUT2D eigenvalue weighted by atomic mass is 35.5. The Balaban J connectivity index is 0.00000176.